The van der Waals surface area contributed by atoms with Gasteiger partial charge in [-0.3, -0.25) is 4.79 Å². The highest BCUT2D eigenvalue weighted by atomic mass is 32.2. The monoisotopic (exact) mass is 422 g/mol. The molecule has 29 heavy (non-hydrogen) atoms. The number of carbonyl (C=O) groups is 1. The van der Waals surface area contributed by atoms with Crippen molar-refractivity contribution in [2.45, 2.75) is 24.4 Å². The topological polar surface area (TPSA) is 103 Å². The van der Waals surface area contributed by atoms with Crippen LogP contribution >= 0.6 is 0 Å². The van der Waals surface area contributed by atoms with Crippen LogP contribution in [0.15, 0.2) is 47.4 Å². The van der Waals surface area contributed by atoms with Crippen LogP contribution in [0.25, 0.3) is 0 Å². The number of methoxy groups -OCH3 is 3. The molecule has 0 bridgehead atoms. The molecule has 0 saturated carbocycles. The van der Waals surface area contributed by atoms with Crippen molar-refractivity contribution in [1.82, 2.24) is 10.0 Å². The smallest absolute Gasteiger partial charge is 0.251 e. The molecular weight excluding hydrogens is 396 g/mol. The Morgan fingerprint density at radius 3 is 2.24 bits per heavy atom. The number of hydrogen-bond donors (Lipinski definition) is 2. The third kappa shape index (κ3) is 6.18. The minimum absolute atomic E-state index is 0.0805. The Bertz CT molecular complexity index is 928. The summed E-state index contributed by atoms with van der Waals surface area (Å²) in [5.41, 5.74) is 1.20. The number of sulfonamides is 1. The Morgan fingerprint density at radius 1 is 1.00 bits per heavy atom. The predicted molar refractivity (Wildman–Crippen MR) is 109 cm³/mol. The van der Waals surface area contributed by atoms with Gasteiger partial charge in [0.1, 0.15) is 0 Å². The van der Waals surface area contributed by atoms with E-state index in [1.54, 1.807) is 33.3 Å². The maximum absolute atomic E-state index is 12.4. The van der Waals surface area contributed by atoms with E-state index >= 15 is 0 Å². The van der Waals surface area contributed by atoms with E-state index in [1.165, 1.54) is 31.4 Å². The zero-order valence-corrected chi connectivity index (χ0v) is 17.7. The molecule has 2 rings (SSSR count). The second-order valence-electron chi connectivity index (χ2n) is 6.37. The van der Waals surface area contributed by atoms with Crippen molar-refractivity contribution < 1.29 is 27.4 Å². The van der Waals surface area contributed by atoms with E-state index < -0.39 is 10.0 Å². The molecule has 2 N–H and O–H groups in total. The van der Waals surface area contributed by atoms with E-state index in [4.69, 9.17) is 14.2 Å². The van der Waals surface area contributed by atoms with Crippen LogP contribution in [0.4, 0.5) is 0 Å². The van der Waals surface area contributed by atoms with Crippen LogP contribution in [0, 0.1) is 0 Å². The Labute approximate surface area is 171 Å². The third-order valence-corrected chi connectivity index (χ3v) is 5.71. The van der Waals surface area contributed by atoms with E-state index in [2.05, 4.69) is 10.0 Å². The number of amides is 1. The average Bonchev–Trinajstić information content (AvgIpc) is 2.71. The quantitative estimate of drug-likeness (QED) is 0.607. The molecule has 0 unspecified atom stereocenters. The summed E-state index contributed by atoms with van der Waals surface area (Å²) in [6.07, 6.45) is 0. The molecule has 2 aromatic carbocycles. The lowest BCUT2D eigenvalue weighted by Crippen LogP contribution is -2.35. The van der Waals surface area contributed by atoms with Crippen molar-refractivity contribution >= 4 is 15.9 Å². The maximum atomic E-state index is 12.4. The molecule has 158 valence electrons. The highest BCUT2D eigenvalue weighted by molar-refractivity contribution is 7.89. The zero-order valence-electron chi connectivity index (χ0n) is 16.9. The standard InChI is InChI=1S/C20H26N2O6S/c1-14(13-26-2)22-29(24,25)17-8-6-16(7-9-17)20(23)21-12-15-5-10-18(27-3)19(11-15)28-4/h5-11,14,22H,12-13H2,1-4H3,(H,21,23)/t14-/m0/s1. The van der Waals surface area contributed by atoms with E-state index in [-0.39, 0.29) is 30.0 Å². The first-order valence-corrected chi connectivity index (χ1v) is 10.4. The number of rotatable bonds is 10. The van der Waals surface area contributed by atoms with E-state index in [1.807, 2.05) is 6.07 Å². The lowest BCUT2D eigenvalue weighted by molar-refractivity contribution is 0.0950. The van der Waals surface area contributed by atoms with Gasteiger partial charge in [-0.25, -0.2) is 13.1 Å². The van der Waals surface area contributed by atoms with Crippen LogP contribution < -0.4 is 19.5 Å². The fourth-order valence-corrected chi connectivity index (χ4v) is 3.91. The molecule has 2 aromatic rings. The Balaban J connectivity index is 2.02. The number of ether oxygens (including phenoxy) is 3. The molecule has 0 aliphatic carbocycles. The van der Waals surface area contributed by atoms with E-state index in [9.17, 15) is 13.2 Å². The minimum atomic E-state index is -3.68. The molecule has 0 aliphatic heterocycles. The highest BCUT2D eigenvalue weighted by Crippen LogP contribution is 2.27. The molecule has 8 nitrogen and oxygen atoms in total. The van der Waals surface area contributed by atoms with Gasteiger partial charge in [-0.15, -0.1) is 0 Å². The third-order valence-electron chi connectivity index (χ3n) is 4.10. The minimum Gasteiger partial charge on any atom is -0.493 e. The molecule has 0 aliphatic rings. The second-order valence-corrected chi connectivity index (χ2v) is 8.09. The number of benzene rings is 2. The van der Waals surface area contributed by atoms with Crippen LogP contribution in [0.3, 0.4) is 0 Å². The number of carbonyl (C=O) groups excluding carboxylic acids is 1. The van der Waals surface area contributed by atoms with Gasteiger partial charge < -0.3 is 19.5 Å². The molecule has 0 aromatic heterocycles. The first kappa shape index (κ1) is 22.7. The van der Waals surface area contributed by atoms with Crippen molar-refractivity contribution in [3.05, 3.63) is 53.6 Å². The van der Waals surface area contributed by atoms with E-state index in [0.717, 1.165) is 5.56 Å². The van der Waals surface area contributed by atoms with Gasteiger partial charge in [0.15, 0.2) is 11.5 Å². The summed E-state index contributed by atoms with van der Waals surface area (Å²) in [6.45, 7) is 2.25. The van der Waals surface area contributed by atoms with Crippen LogP contribution in [-0.4, -0.2) is 48.3 Å². The largest absolute Gasteiger partial charge is 0.493 e. The molecule has 9 heteroatoms. The normalized spacial score (nSPS) is 12.3. The van der Waals surface area contributed by atoms with Crippen LogP contribution in [0.5, 0.6) is 11.5 Å². The van der Waals surface area contributed by atoms with E-state index in [0.29, 0.717) is 17.1 Å². The summed E-state index contributed by atoms with van der Waals surface area (Å²) in [6, 6.07) is 10.7. The van der Waals surface area contributed by atoms with Gasteiger partial charge in [-0.05, 0) is 48.9 Å². The molecule has 1 atom stereocenters. The fourth-order valence-electron chi connectivity index (χ4n) is 2.68. The zero-order chi connectivity index (χ0) is 21.4. The van der Waals surface area contributed by atoms with Gasteiger partial charge in [0.25, 0.3) is 5.91 Å². The Kier molecular flexibility index (Phi) is 8.00. The summed E-state index contributed by atoms with van der Waals surface area (Å²) in [5.74, 6) is 0.862. The van der Waals surface area contributed by atoms with Crippen molar-refractivity contribution in [3.8, 4) is 11.5 Å². The van der Waals surface area contributed by atoms with Crippen LogP contribution in [-0.2, 0) is 21.3 Å². The summed E-state index contributed by atoms with van der Waals surface area (Å²) in [4.78, 5) is 12.5. The van der Waals surface area contributed by atoms with Gasteiger partial charge in [-0.2, -0.15) is 0 Å². The Morgan fingerprint density at radius 2 is 1.66 bits per heavy atom. The first-order valence-electron chi connectivity index (χ1n) is 8.91. The second kappa shape index (κ2) is 10.2. The number of nitrogens with one attached hydrogen (secondary N) is 2. The summed E-state index contributed by atoms with van der Waals surface area (Å²) in [5, 5.41) is 2.79. The summed E-state index contributed by atoms with van der Waals surface area (Å²) in [7, 11) is 0.914. The van der Waals surface area contributed by atoms with Crippen LogP contribution in [0.2, 0.25) is 0 Å². The van der Waals surface area contributed by atoms with Gasteiger partial charge in [-0.1, -0.05) is 6.07 Å². The van der Waals surface area contributed by atoms with Gasteiger partial charge in [0.2, 0.25) is 10.0 Å². The molecule has 0 fully saturated rings. The summed E-state index contributed by atoms with van der Waals surface area (Å²) < 4.78 is 42.5. The highest BCUT2D eigenvalue weighted by Gasteiger charge is 2.18. The molecule has 0 heterocycles. The molecular formula is C20H26N2O6S. The van der Waals surface area contributed by atoms with Gasteiger partial charge in [0.05, 0.1) is 25.7 Å². The van der Waals surface area contributed by atoms with Crippen molar-refractivity contribution in [2.24, 2.45) is 0 Å². The molecule has 0 saturated heterocycles. The number of hydrogen-bond acceptors (Lipinski definition) is 6. The van der Waals surface area contributed by atoms with Gasteiger partial charge in [0, 0.05) is 25.3 Å². The van der Waals surface area contributed by atoms with Crippen molar-refractivity contribution in [1.29, 1.82) is 0 Å². The lowest BCUT2D eigenvalue weighted by Gasteiger charge is -2.13. The fraction of sp³-hybridized carbons (Fsp3) is 0.350. The molecule has 0 spiro atoms. The Hall–Kier alpha value is -2.62. The van der Waals surface area contributed by atoms with Crippen LogP contribution in [0.1, 0.15) is 22.8 Å². The average molecular weight is 423 g/mol. The maximum Gasteiger partial charge on any atom is 0.251 e. The SMILES string of the molecule is COC[C@H](C)NS(=O)(=O)c1ccc(C(=O)NCc2ccc(OC)c(OC)c2)cc1. The summed E-state index contributed by atoms with van der Waals surface area (Å²) >= 11 is 0. The van der Waals surface area contributed by atoms with Crippen molar-refractivity contribution in [3.63, 3.8) is 0 Å². The lowest BCUT2D eigenvalue weighted by atomic mass is 10.1. The predicted octanol–water partition coefficient (Wildman–Crippen LogP) is 1.95. The van der Waals surface area contributed by atoms with Crippen molar-refractivity contribution in [2.75, 3.05) is 27.9 Å². The first-order chi connectivity index (χ1) is 13.8. The van der Waals surface area contributed by atoms with Gasteiger partial charge >= 0.3 is 0 Å². The molecule has 1 amide bonds. The molecule has 0 radical (unpaired) electrons.